The van der Waals surface area contributed by atoms with Crippen molar-refractivity contribution >= 4 is 17.8 Å². The van der Waals surface area contributed by atoms with Crippen LogP contribution in [0.5, 0.6) is 0 Å². The Morgan fingerprint density at radius 2 is 0.822 bits per heavy atom. The van der Waals surface area contributed by atoms with Crippen molar-refractivity contribution in [1.82, 2.24) is 4.90 Å². The Bertz CT molecular complexity index is 734. The Morgan fingerprint density at radius 3 is 1.22 bits per heavy atom. The van der Waals surface area contributed by atoms with Gasteiger partial charge >= 0.3 is 5.97 Å². The zero-order chi connectivity index (χ0) is 32.5. The molecule has 0 saturated carbocycles. The summed E-state index contributed by atoms with van der Waals surface area (Å²) in [6, 6.07) is 0. The molecule has 0 radical (unpaired) electrons. The van der Waals surface area contributed by atoms with E-state index < -0.39 is 0 Å². The fourth-order valence-corrected chi connectivity index (χ4v) is 3.96. The van der Waals surface area contributed by atoms with Crippen molar-refractivity contribution in [2.75, 3.05) is 119 Å². The number of carbonyl (C=O) groups is 3. The van der Waals surface area contributed by atoms with Gasteiger partial charge < -0.3 is 42.6 Å². The number of hydrogen-bond donors (Lipinski definition) is 0. The Balaban J connectivity index is 1.65. The first kappa shape index (κ1) is 41.1. The molecule has 0 aliphatic carbocycles. The highest BCUT2D eigenvalue weighted by Gasteiger charge is 2.22. The summed E-state index contributed by atoms with van der Waals surface area (Å²) in [5, 5.41) is 0. The predicted octanol–water partition coefficient (Wildman–Crippen LogP) is 2.73. The molecule has 0 saturated heterocycles. The summed E-state index contributed by atoms with van der Waals surface area (Å²) < 4.78 is 48.6. The number of rotatable bonds is 35. The van der Waals surface area contributed by atoms with E-state index in [1.807, 2.05) is 0 Å². The average molecular weight is 648 g/mol. The van der Waals surface area contributed by atoms with Crippen LogP contribution < -0.4 is 0 Å². The normalized spacial score (nSPS) is 13.0. The van der Waals surface area contributed by atoms with Crippen molar-refractivity contribution in [2.24, 2.45) is 0 Å². The van der Waals surface area contributed by atoms with Gasteiger partial charge in [-0.25, -0.2) is 0 Å². The molecule has 45 heavy (non-hydrogen) atoms. The molecule has 262 valence electrons. The van der Waals surface area contributed by atoms with Gasteiger partial charge in [0.15, 0.2) is 0 Å². The summed E-state index contributed by atoms with van der Waals surface area (Å²) in [6.07, 6.45) is 11.3. The van der Waals surface area contributed by atoms with Crippen LogP contribution in [0.4, 0.5) is 0 Å². The van der Waals surface area contributed by atoms with Crippen molar-refractivity contribution in [1.29, 1.82) is 0 Å². The first-order chi connectivity index (χ1) is 22.1. The monoisotopic (exact) mass is 647 g/mol. The van der Waals surface area contributed by atoms with Gasteiger partial charge in [0.25, 0.3) is 11.8 Å². The molecule has 2 amide bonds. The summed E-state index contributed by atoms with van der Waals surface area (Å²) >= 11 is 0. The van der Waals surface area contributed by atoms with E-state index >= 15 is 0 Å². The summed E-state index contributed by atoms with van der Waals surface area (Å²) in [4.78, 5) is 35.6. The summed E-state index contributed by atoms with van der Waals surface area (Å²) in [5.41, 5.74) is 0. The van der Waals surface area contributed by atoms with Crippen LogP contribution in [0, 0.1) is 0 Å². The Kier molecular flexibility index (Phi) is 29.2. The summed E-state index contributed by atoms with van der Waals surface area (Å²) in [5.74, 6) is -0.762. The van der Waals surface area contributed by atoms with Crippen molar-refractivity contribution in [3.63, 3.8) is 0 Å². The molecule has 1 heterocycles. The molecule has 0 unspecified atom stereocenters. The van der Waals surface area contributed by atoms with Gasteiger partial charge in [-0.1, -0.05) is 45.4 Å². The van der Waals surface area contributed by atoms with Crippen LogP contribution in [-0.4, -0.2) is 142 Å². The molecule has 0 fully saturated rings. The van der Waals surface area contributed by atoms with Crippen LogP contribution in [0.3, 0.4) is 0 Å². The number of hydrogen-bond acceptors (Lipinski definition) is 12. The average Bonchev–Trinajstić information content (AvgIpc) is 3.36. The van der Waals surface area contributed by atoms with E-state index in [1.165, 1.54) is 44.3 Å². The van der Waals surface area contributed by atoms with Gasteiger partial charge in [0.2, 0.25) is 0 Å². The molecule has 1 aliphatic heterocycles. The molecule has 13 nitrogen and oxygen atoms in total. The van der Waals surface area contributed by atoms with E-state index in [9.17, 15) is 14.4 Å². The van der Waals surface area contributed by atoms with Crippen LogP contribution in [0.1, 0.15) is 58.3 Å². The first-order valence-electron chi connectivity index (χ1n) is 16.5. The largest absolute Gasteiger partial charge is 0.463 e. The maximum atomic E-state index is 11.7. The van der Waals surface area contributed by atoms with E-state index in [0.717, 1.165) is 17.7 Å². The minimum atomic E-state index is -0.307. The molecule has 0 spiro atoms. The SMILES string of the molecule is CCCCCCCCCC(=O)OCCOCCOCCOCCOCCOCCOCCOCCOCCN1C(=O)C=CC1=O. The lowest BCUT2D eigenvalue weighted by molar-refractivity contribution is -0.145. The molecule has 0 atom stereocenters. The standard InChI is InChI=1S/C32H57NO12/c1-2-3-4-5-6-7-8-9-32(36)45-29-28-44-27-26-43-25-24-42-23-22-41-21-20-40-19-18-39-17-16-38-15-14-37-13-12-33-30(34)10-11-31(33)35/h10-11H,2-9,12-29H2,1H3. The van der Waals surface area contributed by atoms with Gasteiger partial charge in [-0.05, 0) is 6.42 Å². The number of imide groups is 1. The molecule has 1 rings (SSSR count). The second-order valence-corrected chi connectivity index (χ2v) is 10.2. The van der Waals surface area contributed by atoms with Gasteiger partial charge in [-0.3, -0.25) is 19.3 Å². The fourth-order valence-electron chi connectivity index (χ4n) is 3.96. The molecular formula is C32H57NO12. The topological polar surface area (TPSA) is 138 Å². The Morgan fingerprint density at radius 1 is 0.489 bits per heavy atom. The van der Waals surface area contributed by atoms with Crippen molar-refractivity contribution < 1.29 is 57.0 Å². The van der Waals surface area contributed by atoms with Gasteiger partial charge in [0, 0.05) is 18.6 Å². The van der Waals surface area contributed by atoms with Crippen LogP contribution in [-0.2, 0) is 57.0 Å². The molecule has 0 aromatic heterocycles. The quantitative estimate of drug-likeness (QED) is 0.0568. The molecule has 13 heteroatoms. The zero-order valence-electron chi connectivity index (χ0n) is 27.4. The van der Waals surface area contributed by atoms with Gasteiger partial charge in [-0.15, -0.1) is 0 Å². The smallest absolute Gasteiger partial charge is 0.305 e. The van der Waals surface area contributed by atoms with Crippen molar-refractivity contribution in [3.8, 4) is 0 Å². The maximum absolute atomic E-state index is 11.7. The number of carbonyl (C=O) groups excluding carboxylic acids is 3. The molecule has 0 bridgehead atoms. The lowest BCUT2D eigenvalue weighted by atomic mass is 10.1. The second kappa shape index (κ2) is 32.0. The summed E-state index contributed by atoms with van der Waals surface area (Å²) in [7, 11) is 0. The highest BCUT2D eigenvalue weighted by Crippen LogP contribution is 2.08. The third-order valence-electron chi connectivity index (χ3n) is 6.44. The number of ether oxygens (including phenoxy) is 9. The van der Waals surface area contributed by atoms with E-state index in [2.05, 4.69) is 6.92 Å². The Labute approximate surface area is 269 Å². The molecule has 1 aliphatic rings. The fraction of sp³-hybridized carbons (Fsp3) is 0.844. The van der Waals surface area contributed by atoms with E-state index in [-0.39, 0.29) is 37.5 Å². The Hall–Kier alpha value is -1.97. The van der Waals surface area contributed by atoms with E-state index in [1.54, 1.807) is 0 Å². The summed E-state index contributed by atoms with van der Waals surface area (Å²) in [6.45, 7) is 9.76. The molecular weight excluding hydrogens is 590 g/mol. The molecule has 0 aromatic rings. The van der Waals surface area contributed by atoms with Crippen LogP contribution in [0.15, 0.2) is 12.2 Å². The number of unbranched alkanes of at least 4 members (excludes halogenated alkanes) is 6. The lowest BCUT2D eigenvalue weighted by Crippen LogP contribution is -2.33. The highest BCUT2D eigenvalue weighted by atomic mass is 16.6. The van der Waals surface area contributed by atoms with Crippen LogP contribution in [0.2, 0.25) is 0 Å². The highest BCUT2D eigenvalue weighted by molar-refractivity contribution is 6.12. The number of amides is 2. The van der Waals surface area contributed by atoms with Crippen molar-refractivity contribution in [3.05, 3.63) is 12.2 Å². The minimum Gasteiger partial charge on any atom is -0.463 e. The molecule has 0 aromatic carbocycles. The van der Waals surface area contributed by atoms with E-state index in [4.69, 9.17) is 42.6 Å². The number of nitrogens with zero attached hydrogens (tertiary/aromatic N) is 1. The lowest BCUT2D eigenvalue weighted by Gasteiger charge is -2.13. The van der Waals surface area contributed by atoms with Crippen LogP contribution in [0.25, 0.3) is 0 Å². The second-order valence-electron chi connectivity index (χ2n) is 10.2. The first-order valence-corrected chi connectivity index (χ1v) is 16.5. The zero-order valence-corrected chi connectivity index (χ0v) is 27.4. The molecule has 0 N–H and O–H groups in total. The third kappa shape index (κ3) is 26.9. The van der Waals surface area contributed by atoms with Gasteiger partial charge in [-0.2, -0.15) is 0 Å². The predicted molar refractivity (Wildman–Crippen MR) is 166 cm³/mol. The van der Waals surface area contributed by atoms with Crippen LogP contribution >= 0.6 is 0 Å². The minimum absolute atomic E-state index is 0.147. The van der Waals surface area contributed by atoms with Gasteiger partial charge in [0.1, 0.15) is 6.61 Å². The van der Waals surface area contributed by atoms with E-state index in [0.29, 0.717) is 106 Å². The van der Waals surface area contributed by atoms with Crippen molar-refractivity contribution in [2.45, 2.75) is 58.3 Å². The van der Waals surface area contributed by atoms with Gasteiger partial charge in [0.05, 0.1) is 112 Å². The third-order valence-corrected chi connectivity index (χ3v) is 6.44. The number of esters is 1. The maximum Gasteiger partial charge on any atom is 0.305 e.